The van der Waals surface area contributed by atoms with Crippen LogP contribution in [0.1, 0.15) is 45.1 Å². The molecule has 0 heterocycles. The summed E-state index contributed by atoms with van der Waals surface area (Å²) in [5.41, 5.74) is 7.72. The average Bonchev–Trinajstić information content (AvgIpc) is 2.39. The summed E-state index contributed by atoms with van der Waals surface area (Å²) >= 11 is 3.53. The molecule has 3 atom stereocenters. The highest BCUT2D eigenvalue weighted by Crippen LogP contribution is 2.38. The Hall–Kier alpha value is -0.380. The SMILES string of the molecule is CCOC1(C(N)Cc2cccc(Br)c2)CCCC(C)C1. The minimum Gasteiger partial charge on any atom is -0.374 e. The van der Waals surface area contributed by atoms with Gasteiger partial charge in [0.05, 0.1) is 5.60 Å². The van der Waals surface area contributed by atoms with Gasteiger partial charge in [0.25, 0.3) is 0 Å². The summed E-state index contributed by atoms with van der Waals surface area (Å²) in [7, 11) is 0. The van der Waals surface area contributed by atoms with Crippen molar-refractivity contribution in [2.75, 3.05) is 6.61 Å². The molecule has 0 amide bonds. The lowest BCUT2D eigenvalue weighted by Crippen LogP contribution is -2.53. The second-order valence-corrected chi connectivity index (χ2v) is 7.06. The molecule has 0 spiro atoms. The number of nitrogens with two attached hydrogens (primary N) is 1. The molecule has 0 radical (unpaired) electrons. The van der Waals surface area contributed by atoms with Crippen molar-refractivity contribution >= 4 is 15.9 Å². The molecular weight excluding hydrogens is 314 g/mol. The van der Waals surface area contributed by atoms with E-state index in [9.17, 15) is 0 Å². The van der Waals surface area contributed by atoms with Crippen molar-refractivity contribution in [2.45, 2.75) is 57.6 Å². The second kappa shape index (κ2) is 7.06. The molecule has 2 nitrogen and oxygen atoms in total. The molecule has 3 heteroatoms. The third-order valence-corrected chi connectivity index (χ3v) is 4.94. The van der Waals surface area contributed by atoms with Crippen LogP contribution in [0, 0.1) is 5.92 Å². The zero-order valence-corrected chi connectivity index (χ0v) is 14.2. The van der Waals surface area contributed by atoms with Gasteiger partial charge in [-0.2, -0.15) is 0 Å². The molecular formula is C17H26BrNO. The maximum Gasteiger partial charge on any atom is 0.0838 e. The molecule has 1 aromatic carbocycles. The zero-order chi connectivity index (χ0) is 14.6. The van der Waals surface area contributed by atoms with Gasteiger partial charge in [0.2, 0.25) is 0 Å². The Kier molecular flexibility index (Phi) is 5.65. The number of hydrogen-bond donors (Lipinski definition) is 1. The van der Waals surface area contributed by atoms with Crippen LogP contribution in [0.2, 0.25) is 0 Å². The summed E-state index contributed by atoms with van der Waals surface area (Å²) in [6.07, 6.45) is 5.61. The van der Waals surface area contributed by atoms with E-state index in [1.165, 1.54) is 18.4 Å². The van der Waals surface area contributed by atoms with Crippen molar-refractivity contribution in [2.24, 2.45) is 11.7 Å². The van der Waals surface area contributed by atoms with Gasteiger partial charge in [-0.05, 0) is 49.8 Å². The Labute approximate surface area is 131 Å². The van der Waals surface area contributed by atoms with Crippen molar-refractivity contribution in [3.05, 3.63) is 34.3 Å². The fraction of sp³-hybridized carbons (Fsp3) is 0.647. The van der Waals surface area contributed by atoms with Gasteiger partial charge in [0, 0.05) is 17.1 Å². The molecule has 1 saturated carbocycles. The van der Waals surface area contributed by atoms with Crippen LogP contribution in [0.3, 0.4) is 0 Å². The van der Waals surface area contributed by atoms with E-state index in [0.717, 1.165) is 30.3 Å². The van der Waals surface area contributed by atoms with Gasteiger partial charge in [0.15, 0.2) is 0 Å². The second-order valence-electron chi connectivity index (χ2n) is 6.14. The molecule has 0 saturated heterocycles. The highest BCUT2D eigenvalue weighted by atomic mass is 79.9. The van der Waals surface area contributed by atoms with Crippen LogP contribution in [0.25, 0.3) is 0 Å². The zero-order valence-electron chi connectivity index (χ0n) is 12.6. The molecule has 1 aromatic rings. The van der Waals surface area contributed by atoms with E-state index in [1.807, 2.05) is 0 Å². The Morgan fingerprint density at radius 3 is 2.95 bits per heavy atom. The monoisotopic (exact) mass is 339 g/mol. The predicted molar refractivity (Wildman–Crippen MR) is 87.8 cm³/mol. The molecule has 2 N–H and O–H groups in total. The largest absolute Gasteiger partial charge is 0.374 e. The van der Waals surface area contributed by atoms with Crippen LogP contribution in [0.15, 0.2) is 28.7 Å². The maximum absolute atomic E-state index is 6.57. The van der Waals surface area contributed by atoms with Gasteiger partial charge in [-0.1, -0.05) is 47.8 Å². The lowest BCUT2D eigenvalue weighted by molar-refractivity contribution is -0.0925. The lowest BCUT2D eigenvalue weighted by atomic mass is 9.73. The number of rotatable bonds is 5. The highest BCUT2D eigenvalue weighted by Gasteiger charge is 2.40. The number of hydrogen-bond acceptors (Lipinski definition) is 2. The van der Waals surface area contributed by atoms with Crippen molar-refractivity contribution in [3.8, 4) is 0 Å². The van der Waals surface area contributed by atoms with E-state index < -0.39 is 0 Å². The van der Waals surface area contributed by atoms with Crippen LogP contribution >= 0.6 is 15.9 Å². The van der Waals surface area contributed by atoms with Crippen molar-refractivity contribution in [1.29, 1.82) is 0 Å². The van der Waals surface area contributed by atoms with Crippen molar-refractivity contribution in [1.82, 2.24) is 0 Å². The van der Waals surface area contributed by atoms with E-state index >= 15 is 0 Å². The first kappa shape index (κ1) is 16.0. The third kappa shape index (κ3) is 3.84. The van der Waals surface area contributed by atoms with E-state index in [-0.39, 0.29) is 11.6 Å². The van der Waals surface area contributed by atoms with E-state index in [4.69, 9.17) is 10.5 Å². The summed E-state index contributed by atoms with van der Waals surface area (Å²) in [5.74, 6) is 0.712. The van der Waals surface area contributed by atoms with Gasteiger partial charge in [-0.3, -0.25) is 0 Å². The van der Waals surface area contributed by atoms with Crippen molar-refractivity contribution in [3.63, 3.8) is 0 Å². The summed E-state index contributed by atoms with van der Waals surface area (Å²) in [6.45, 7) is 5.14. The Morgan fingerprint density at radius 2 is 2.30 bits per heavy atom. The summed E-state index contributed by atoms with van der Waals surface area (Å²) in [5, 5.41) is 0. The van der Waals surface area contributed by atoms with E-state index in [2.05, 4.69) is 54.0 Å². The minimum atomic E-state index is -0.130. The molecule has 1 aliphatic carbocycles. The topological polar surface area (TPSA) is 35.2 Å². The average molecular weight is 340 g/mol. The molecule has 112 valence electrons. The summed E-state index contributed by atoms with van der Waals surface area (Å²) in [6, 6.07) is 8.50. The van der Waals surface area contributed by atoms with E-state index in [1.54, 1.807) is 0 Å². The smallest absolute Gasteiger partial charge is 0.0838 e. The molecule has 1 fully saturated rings. The number of benzene rings is 1. The molecule has 0 bridgehead atoms. The molecule has 0 aliphatic heterocycles. The maximum atomic E-state index is 6.57. The molecule has 0 aromatic heterocycles. The van der Waals surface area contributed by atoms with Crippen LogP contribution in [-0.2, 0) is 11.2 Å². The Morgan fingerprint density at radius 1 is 1.50 bits per heavy atom. The minimum absolute atomic E-state index is 0.0690. The van der Waals surface area contributed by atoms with Gasteiger partial charge >= 0.3 is 0 Å². The first-order chi connectivity index (χ1) is 9.55. The standard InChI is InChI=1S/C17H26BrNO/c1-3-20-17(9-5-6-13(2)12-17)16(19)11-14-7-4-8-15(18)10-14/h4,7-8,10,13,16H,3,5-6,9,11-12,19H2,1-2H3. The quantitative estimate of drug-likeness (QED) is 0.867. The van der Waals surface area contributed by atoms with Gasteiger partial charge in [-0.15, -0.1) is 0 Å². The first-order valence-corrected chi connectivity index (χ1v) is 8.49. The van der Waals surface area contributed by atoms with Crippen LogP contribution < -0.4 is 5.73 Å². The van der Waals surface area contributed by atoms with Crippen LogP contribution in [-0.4, -0.2) is 18.2 Å². The van der Waals surface area contributed by atoms with Crippen LogP contribution in [0.5, 0.6) is 0 Å². The first-order valence-electron chi connectivity index (χ1n) is 7.70. The van der Waals surface area contributed by atoms with Gasteiger partial charge in [-0.25, -0.2) is 0 Å². The van der Waals surface area contributed by atoms with Crippen molar-refractivity contribution < 1.29 is 4.74 Å². The summed E-state index contributed by atoms with van der Waals surface area (Å²) < 4.78 is 7.28. The highest BCUT2D eigenvalue weighted by molar-refractivity contribution is 9.10. The van der Waals surface area contributed by atoms with Gasteiger partial charge < -0.3 is 10.5 Å². The molecule has 20 heavy (non-hydrogen) atoms. The Balaban J connectivity index is 2.12. The normalized spacial score (nSPS) is 28.3. The van der Waals surface area contributed by atoms with Crippen LogP contribution in [0.4, 0.5) is 0 Å². The fourth-order valence-electron chi connectivity index (χ4n) is 3.51. The fourth-order valence-corrected chi connectivity index (χ4v) is 3.96. The van der Waals surface area contributed by atoms with Gasteiger partial charge in [0.1, 0.15) is 0 Å². The number of halogens is 1. The van der Waals surface area contributed by atoms with E-state index in [0.29, 0.717) is 5.92 Å². The number of ether oxygens (including phenoxy) is 1. The lowest BCUT2D eigenvalue weighted by Gasteiger charge is -2.44. The molecule has 1 aliphatic rings. The molecule has 3 unspecified atom stereocenters. The third-order valence-electron chi connectivity index (χ3n) is 4.44. The predicted octanol–water partition coefficient (Wildman–Crippen LogP) is 4.30. The summed E-state index contributed by atoms with van der Waals surface area (Å²) in [4.78, 5) is 0. The Bertz CT molecular complexity index is 433. The molecule has 2 rings (SSSR count).